The number of unbranched alkanes of at least 4 members (excludes halogenated alkanes) is 3. The number of azide groups is 1. The van der Waals surface area contributed by atoms with Crippen LogP contribution in [0.4, 0.5) is 0 Å². The number of amides is 1. The molecule has 262 valence electrons. The van der Waals surface area contributed by atoms with E-state index >= 15 is 0 Å². The predicted molar refractivity (Wildman–Crippen MR) is 211 cm³/mol. The van der Waals surface area contributed by atoms with E-state index in [9.17, 15) is 9.59 Å². The Balaban J connectivity index is 0.000000326. The van der Waals surface area contributed by atoms with Crippen molar-refractivity contribution in [1.82, 2.24) is 9.88 Å². The van der Waals surface area contributed by atoms with Crippen molar-refractivity contribution in [2.75, 3.05) is 19.6 Å². The summed E-state index contributed by atoms with van der Waals surface area (Å²) in [6.07, 6.45) is 12.6. The highest BCUT2D eigenvalue weighted by Gasteiger charge is 2.02. The maximum Gasteiger partial charge on any atom is 0.256 e. The van der Waals surface area contributed by atoms with E-state index in [0.29, 0.717) is 0 Å². The van der Waals surface area contributed by atoms with Crippen LogP contribution in [0.5, 0.6) is 11.5 Å². The summed E-state index contributed by atoms with van der Waals surface area (Å²) in [4.78, 5) is 30.2. The number of carbonyl (C=O) groups excluding carboxylic acids is 1. The van der Waals surface area contributed by atoms with E-state index < -0.39 is 5.91 Å². The number of H-pyrrole nitrogens is 1. The van der Waals surface area contributed by atoms with Gasteiger partial charge in [0.15, 0.2) is 0 Å². The summed E-state index contributed by atoms with van der Waals surface area (Å²) in [7, 11) is 0. The van der Waals surface area contributed by atoms with Crippen LogP contribution in [0, 0.1) is 0 Å². The molecule has 5 aromatic rings. The van der Waals surface area contributed by atoms with E-state index in [2.05, 4.69) is 40.7 Å². The fourth-order valence-electron chi connectivity index (χ4n) is 4.12. The van der Waals surface area contributed by atoms with Crippen LogP contribution in [0.1, 0.15) is 71.6 Å². The van der Waals surface area contributed by atoms with Crippen LogP contribution < -0.4 is 10.3 Å². The molecule has 3 aromatic heterocycles. The summed E-state index contributed by atoms with van der Waals surface area (Å²) in [6.45, 7) is 10.8. The molecule has 0 atom stereocenters. The minimum absolute atomic E-state index is 0. The predicted octanol–water partition coefficient (Wildman–Crippen LogP) is 12.0. The molecule has 0 aliphatic carbocycles. The molecule has 0 radical (unpaired) electrons. The molecule has 0 saturated heterocycles. The zero-order valence-corrected chi connectivity index (χ0v) is 29.8. The zero-order chi connectivity index (χ0) is 34.7. The first-order chi connectivity index (χ1) is 23.5. The molecule has 1 N–H and O–H groups in total. The monoisotopic (exact) mass is 701 g/mol. The molecule has 0 aliphatic rings. The van der Waals surface area contributed by atoms with Crippen LogP contribution in [0.15, 0.2) is 118 Å². The lowest BCUT2D eigenvalue weighted by molar-refractivity contribution is -0.113. The molecule has 8 nitrogen and oxygen atoms in total. The molecule has 2 aromatic carbocycles. The van der Waals surface area contributed by atoms with Gasteiger partial charge in [0.05, 0.1) is 5.39 Å². The minimum atomic E-state index is -0.578. The van der Waals surface area contributed by atoms with Crippen LogP contribution in [-0.4, -0.2) is 35.4 Å². The van der Waals surface area contributed by atoms with E-state index in [1.54, 1.807) is 23.6 Å². The van der Waals surface area contributed by atoms with Gasteiger partial charge in [-0.15, -0.1) is 22.7 Å². The van der Waals surface area contributed by atoms with Crippen molar-refractivity contribution in [2.24, 2.45) is 5.11 Å². The van der Waals surface area contributed by atoms with Crippen molar-refractivity contribution in [3.8, 4) is 11.5 Å². The average Bonchev–Trinajstić information content (AvgIpc) is 3.83. The van der Waals surface area contributed by atoms with Gasteiger partial charge in [-0.05, 0) is 115 Å². The second-order valence-electron chi connectivity index (χ2n) is 10.5. The maximum atomic E-state index is 11.0. The molecule has 49 heavy (non-hydrogen) atoms. The number of benzene rings is 2. The molecule has 5 rings (SSSR count). The number of hydrogen-bond donors (Lipinski definition) is 1. The number of carbonyl (C=O) groups is 1. The lowest BCUT2D eigenvalue weighted by Gasteiger charge is -2.21. The Hall–Kier alpha value is -4.47. The fourth-order valence-corrected chi connectivity index (χ4v) is 5.52. The van der Waals surface area contributed by atoms with Gasteiger partial charge in [-0.1, -0.05) is 89.9 Å². The third kappa shape index (κ3) is 19.2. The first-order valence-electron chi connectivity index (χ1n) is 16.4. The largest absolute Gasteiger partial charge is 0.457 e. The first-order valence-corrected chi connectivity index (χ1v) is 18.1. The highest BCUT2D eigenvalue weighted by atomic mass is 32.1. The van der Waals surface area contributed by atoms with E-state index in [1.165, 1.54) is 75.6 Å². The number of aromatic amines is 1. The molecule has 3 heterocycles. The van der Waals surface area contributed by atoms with Crippen LogP contribution >= 0.6 is 22.7 Å². The summed E-state index contributed by atoms with van der Waals surface area (Å²) in [5.74, 6) is 1.16. The maximum absolute atomic E-state index is 11.0. The van der Waals surface area contributed by atoms with Gasteiger partial charge in [0.1, 0.15) is 11.5 Å². The van der Waals surface area contributed by atoms with Gasteiger partial charge in [-0.3, -0.25) is 9.59 Å². The molecular formula is C39H51N5O3S2. The van der Waals surface area contributed by atoms with Gasteiger partial charge in [0.2, 0.25) is 5.91 Å². The number of hydrogen-bond acceptors (Lipinski definition) is 6. The number of thiophene rings is 2. The third-order valence-electron chi connectivity index (χ3n) is 6.67. The van der Waals surface area contributed by atoms with Gasteiger partial charge in [0.25, 0.3) is 5.56 Å². The number of fused-ring (bicyclic) bond motifs is 1. The van der Waals surface area contributed by atoms with Crippen molar-refractivity contribution in [2.45, 2.75) is 66.7 Å². The second-order valence-corrected chi connectivity index (χ2v) is 12.4. The molecule has 1 amide bonds. The van der Waals surface area contributed by atoms with Crippen molar-refractivity contribution < 1.29 is 9.53 Å². The number of nitrogens with one attached hydrogen (secondary N) is 1. The van der Waals surface area contributed by atoms with Gasteiger partial charge in [0, 0.05) is 20.7 Å². The quantitative estimate of drug-likeness (QED) is 0.0570. The Morgan fingerprint density at radius 3 is 1.86 bits per heavy atom. The summed E-state index contributed by atoms with van der Waals surface area (Å²) in [5.41, 5.74) is 7.90. The Bertz CT molecular complexity index is 1610. The number of rotatable bonds is 13. The Morgan fingerprint density at radius 2 is 1.39 bits per heavy atom. The standard InChI is InChI=1S/C12H27N.C12H10O.C7H5N3OS.C7H5NOS.CH4/c1-4-7-10-13(11-8-5-2)12-9-6-3;1-3-7-11(8-4-1)13-12-9-5-2-6-10-12;8-10-9-7(11)4-3-6-2-1-5-12-6;9-7-5-2-4-10-6(5)1-3-8-7;/h4-12H2,1-3H3;1-10H;1-5H;1-4H,(H,8,9);1H4/b;;4-3+;;. The molecule has 0 unspecified atom stereocenters. The molecule has 0 bridgehead atoms. The molecular weight excluding hydrogens is 651 g/mol. The molecule has 0 fully saturated rings. The summed E-state index contributed by atoms with van der Waals surface area (Å²) in [5, 5.41) is 7.49. The normalized spacial score (nSPS) is 9.96. The fraction of sp³-hybridized carbons (Fsp3) is 0.333. The number of aromatic nitrogens is 1. The highest BCUT2D eigenvalue weighted by Crippen LogP contribution is 2.19. The first kappa shape index (κ1) is 42.6. The van der Waals surface area contributed by atoms with Crippen LogP contribution in [-0.2, 0) is 4.79 Å². The van der Waals surface area contributed by atoms with E-state index in [-0.39, 0.29) is 13.0 Å². The number of pyridine rings is 1. The molecule has 0 saturated carbocycles. The lowest BCUT2D eigenvalue weighted by Crippen LogP contribution is -2.27. The average molecular weight is 702 g/mol. The van der Waals surface area contributed by atoms with Gasteiger partial charge in [-0.25, -0.2) is 0 Å². The molecule has 0 aliphatic heterocycles. The molecule has 10 heteroatoms. The SMILES string of the molecule is C.CCCCN(CCCC)CCCC.O=c1[nH]ccc2sccc12.[N-]=[N+]=NC(=O)/C=C/c1cccs1.c1ccc(Oc2ccccc2)cc1. The van der Waals surface area contributed by atoms with Crippen molar-refractivity contribution >= 4 is 44.7 Å². The minimum Gasteiger partial charge on any atom is -0.457 e. The number of ether oxygens (including phenoxy) is 1. The van der Waals surface area contributed by atoms with E-state index in [1.807, 2.05) is 95.7 Å². The van der Waals surface area contributed by atoms with E-state index in [0.717, 1.165) is 26.5 Å². The van der Waals surface area contributed by atoms with Crippen LogP contribution in [0.25, 0.3) is 26.6 Å². The van der Waals surface area contributed by atoms with Crippen LogP contribution in [0.2, 0.25) is 0 Å². The topological polar surface area (TPSA) is 111 Å². The Labute approximate surface area is 299 Å². The molecule has 0 spiro atoms. The summed E-state index contributed by atoms with van der Waals surface area (Å²) in [6, 6.07) is 27.0. The summed E-state index contributed by atoms with van der Waals surface area (Å²) >= 11 is 3.09. The van der Waals surface area contributed by atoms with E-state index in [4.69, 9.17) is 10.3 Å². The third-order valence-corrected chi connectivity index (χ3v) is 8.39. The van der Waals surface area contributed by atoms with Crippen molar-refractivity contribution in [3.05, 3.63) is 134 Å². The smallest absolute Gasteiger partial charge is 0.256 e. The van der Waals surface area contributed by atoms with Crippen molar-refractivity contribution in [3.63, 3.8) is 0 Å². The van der Waals surface area contributed by atoms with Gasteiger partial charge < -0.3 is 14.6 Å². The number of para-hydroxylation sites is 2. The number of nitrogens with zero attached hydrogens (tertiary/aromatic N) is 4. The van der Waals surface area contributed by atoms with Gasteiger partial charge in [-0.2, -0.15) is 0 Å². The lowest BCUT2D eigenvalue weighted by atomic mass is 10.2. The Morgan fingerprint density at radius 1 is 0.816 bits per heavy atom. The zero-order valence-electron chi connectivity index (χ0n) is 28.2. The highest BCUT2D eigenvalue weighted by molar-refractivity contribution is 7.17. The van der Waals surface area contributed by atoms with Crippen LogP contribution in [0.3, 0.4) is 0 Å². The van der Waals surface area contributed by atoms with Crippen molar-refractivity contribution in [1.29, 1.82) is 0 Å². The Kier molecular flexibility index (Phi) is 23.9. The summed E-state index contributed by atoms with van der Waals surface area (Å²) < 4.78 is 6.62. The van der Waals surface area contributed by atoms with Gasteiger partial charge >= 0.3 is 0 Å². The second kappa shape index (κ2) is 27.5.